The maximum Gasteiger partial charge on any atom is 0.323 e. The number of imide groups is 1. The molecule has 0 aliphatic heterocycles. The normalized spacial score (nSPS) is 10.2. The van der Waals surface area contributed by atoms with Crippen LogP contribution >= 0.6 is 0 Å². The molecule has 0 rings (SSSR count). The van der Waals surface area contributed by atoms with Gasteiger partial charge in [-0.05, 0) is 6.92 Å². The first-order valence-corrected chi connectivity index (χ1v) is 4.33. The number of urea groups is 1. The van der Waals surface area contributed by atoms with Crippen LogP contribution in [0.3, 0.4) is 0 Å². The van der Waals surface area contributed by atoms with Gasteiger partial charge in [-0.3, -0.25) is 10.1 Å². The van der Waals surface area contributed by atoms with E-state index in [-0.39, 0.29) is 13.3 Å². The molecule has 0 saturated heterocycles. The van der Waals surface area contributed by atoms with E-state index >= 15 is 0 Å². The van der Waals surface area contributed by atoms with Crippen molar-refractivity contribution >= 4 is 17.6 Å². The van der Waals surface area contributed by atoms with Crippen LogP contribution in [0.4, 0.5) is 4.79 Å². The van der Waals surface area contributed by atoms with E-state index in [1.165, 1.54) is 13.2 Å². The number of carbonyl (C=O) groups is 2. The van der Waals surface area contributed by atoms with Crippen LogP contribution in [0.1, 0.15) is 6.92 Å². The summed E-state index contributed by atoms with van der Waals surface area (Å²) in [5, 5.41) is 15.8. The number of ether oxygens (including phenoxy) is 1. The molecule has 0 bridgehead atoms. The number of hydrogen-bond acceptors (Lipinski definition) is 6. The molecule has 0 spiro atoms. The van der Waals surface area contributed by atoms with Gasteiger partial charge in [0, 0.05) is 7.11 Å². The smallest absolute Gasteiger partial charge is 0.323 e. The SMILES string of the molecule is CCON=C(C#N)C(=O)NC(=O)NCOC. The predicted molar refractivity (Wildman–Crippen MR) is 53.2 cm³/mol. The van der Waals surface area contributed by atoms with Crippen LogP contribution in [0.2, 0.25) is 0 Å². The second kappa shape index (κ2) is 8.19. The van der Waals surface area contributed by atoms with Crippen molar-refractivity contribution in [2.75, 3.05) is 20.4 Å². The second-order valence-corrected chi connectivity index (χ2v) is 2.36. The van der Waals surface area contributed by atoms with Gasteiger partial charge in [0.2, 0.25) is 5.71 Å². The summed E-state index contributed by atoms with van der Waals surface area (Å²) in [7, 11) is 1.37. The fourth-order valence-electron chi connectivity index (χ4n) is 0.586. The molecule has 0 aromatic carbocycles. The Hall–Kier alpha value is -2.14. The zero-order valence-corrected chi connectivity index (χ0v) is 8.94. The van der Waals surface area contributed by atoms with Crippen LogP contribution in [-0.2, 0) is 14.4 Å². The number of carbonyl (C=O) groups excluding carboxylic acids is 2. The van der Waals surface area contributed by atoms with Gasteiger partial charge >= 0.3 is 6.03 Å². The van der Waals surface area contributed by atoms with Crippen molar-refractivity contribution in [1.29, 1.82) is 5.26 Å². The minimum atomic E-state index is -0.940. The lowest BCUT2D eigenvalue weighted by atomic mass is 10.4. The molecule has 0 aromatic rings. The first kappa shape index (κ1) is 13.9. The molecule has 3 amide bonds. The summed E-state index contributed by atoms with van der Waals surface area (Å²) in [5.74, 6) is -0.940. The lowest BCUT2D eigenvalue weighted by Crippen LogP contribution is -2.43. The number of hydrogen-bond donors (Lipinski definition) is 2. The molecule has 0 saturated carbocycles. The van der Waals surface area contributed by atoms with Gasteiger partial charge in [0.1, 0.15) is 19.4 Å². The van der Waals surface area contributed by atoms with E-state index in [1.54, 1.807) is 6.92 Å². The molecule has 0 heterocycles. The van der Waals surface area contributed by atoms with Crippen LogP contribution in [0.15, 0.2) is 5.16 Å². The largest absolute Gasteiger partial charge is 0.395 e. The molecule has 0 aliphatic carbocycles. The molecule has 0 unspecified atom stereocenters. The van der Waals surface area contributed by atoms with Crippen molar-refractivity contribution in [3.63, 3.8) is 0 Å². The van der Waals surface area contributed by atoms with Gasteiger partial charge in [-0.2, -0.15) is 5.26 Å². The second-order valence-electron chi connectivity index (χ2n) is 2.36. The fraction of sp³-hybridized carbons (Fsp3) is 0.500. The first-order chi connectivity index (χ1) is 7.65. The Morgan fingerprint density at radius 3 is 2.69 bits per heavy atom. The molecule has 0 aromatic heterocycles. The average Bonchev–Trinajstić information content (AvgIpc) is 2.27. The Morgan fingerprint density at radius 2 is 2.19 bits per heavy atom. The predicted octanol–water partition coefficient (Wildman–Crippen LogP) is -0.668. The third-order valence-electron chi connectivity index (χ3n) is 1.21. The van der Waals surface area contributed by atoms with Gasteiger partial charge in [-0.25, -0.2) is 4.79 Å². The number of methoxy groups -OCH3 is 1. The van der Waals surface area contributed by atoms with E-state index in [1.807, 2.05) is 5.32 Å². The van der Waals surface area contributed by atoms with E-state index in [9.17, 15) is 9.59 Å². The minimum absolute atomic E-state index is 0.0520. The third kappa shape index (κ3) is 5.56. The van der Waals surface area contributed by atoms with Gasteiger partial charge in [-0.15, -0.1) is 0 Å². The summed E-state index contributed by atoms with van der Waals surface area (Å²) in [5.41, 5.74) is -0.533. The minimum Gasteiger partial charge on any atom is -0.395 e. The zero-order valence-electron chi connectivity index (χ0n) is 8.94. The van der Waals surface area contributed by atoms with E-state index in [4.69, 9.17) is 5.26 Å². The van der Waals surface area contributed by atoms with E-state index in [0.29, 0.717) is 0 Å². The van der Waals surface area contributed by atoms with Gasteiger partial charge in [0.25, 0.3) is 5.91 Å². The van der Waals surface area contributed by atoms with Crippen molar-refractivity contribution in [2.24, 2.45) is 5.16 Å². The highest BCUT2D eigenvalue weighted by Gasteiger charge is 2.14. The average molecular weight is 228 g/mol. The van der Waals surface area contributed by atoms with Crippen LogP contribution in [-0.4, -0.2) is 38.1 Å². The van der Waals surface area contributed by atoms with Gasteiger partial charge < -0.3 is 14.9 Å². The summed E-state index contributed by atoms with van der Waals surface area (Å²) < 4.78 is 4.54. The van der Waals surface area contributed by atoms with Crippen LogP contribution in [0, 0.1) is 11.3 Å². The molecular formula is C8H12N4O4. The number of oxime groups is 1. The number of amides is 3. The van der Waals surface area contributed by atoms with Gasteiger partial charge in [0.05, 0.1) is 0 Å². The zero-order chi connectivity index (χ0) is 12.4. The molecule has 88 valence electrons. The van der Waals surface area contributed by atoms with Crippen LogP contribution < -0.4 is 10.6 Å². The molecule has 0 aliphatic rings. The Kier molecular flexibility index (Phi) is 7.10. The topological polar surface area (TPSA) is 113 Å². The molecule has 8 nitrogen and oxygen atoms in total. The highest BCUT2D eigenvalue weighted by molar-refractivity contribution is 6.46. The summed E-state index contributed by atoms with van der Waals surface area (Å²) in [6.07, 6.45) is 0. The molecule has 2 N–H and O–H groups in total. The van der Waals surface area contributed by atoms with Crippen molar-refractivity contribution in [1.82, 2.24) is 10.6 Å². The molecule has 16 heavy (non-hydrogen) atoms. The molecule has 0 atom stereocenters. The number of rotatable bonds is 5. The number of nitrogens with zero attached hydrogens (tertiary/aromatic N) is 2. The van der Waals surface area contributed by atoms with Crippen molar-refractivity contribution in [2.45, 2.75) is 6.92 Å². The number of nitriles is 1. The van der Waals surface area contributed by atoms with Crippen LogP contribution in [0.5, 0.6) is 0 Å². The fourth-order valence-corrected chi connectivity index (χ4v) is 0.586. The Balaban J connectivity index is 4.22. The summed E-state index contributed by atoms with van der Waals surface area (Å²) in [6.45, 7) is 1.81. The van der Waals surface area contributed by atoms with Crippen molar-refractivity contribution in [3.8, 4) is 6.07 Å². The Labute approximate surface area is 92.2 Å². The van der Waals surface area contributed by atoms with E-state index in [0.717, 1.165) is 0 Å². The molecule has 8 heteroatoms. The third-order valence-corrected chi connectivity index (χ3v) is 1.21. The monoisotopic (exact) mass is 228 g/mol. The highest BCUT2D eigenvalue weighted by atomic mass is 16.6. The Bertz CT molecular complexity index is 320. The molecule has 0 radical (unpaired) electrons. The maximum absolute atomic E-state index is 11.2. The van der Waals surface area contributed by atoms with Crippen molar-refractivity contribution in [3.05, 3.63) is 0 Å². The highest BCUT2D eigenvalue weighted by Crippen LogP contribution is 1.82. The summed E-state index contributed by atoms with van der Waals surface area (Å²) >= 11 is 0. The Morgan fingerprint density at radius 1 is 1.50 bits per heavy atom. The van der Waals surface area contributed by atoms with E-state index in [2.05, 4.69) is 20.0 Å². The first-order valence-electron chi connectivity index (χ1n) is 4.33. The van der Waals surface area contributed by atoms with Gasteiger partial charge in [-0.1, -0.05) is 5.16 Å². The summed E-state index contributed by atoms with van der Waals surface area (Å²) in [6, 6.07) is 0.714. The van der Waals surface area contributed by atoms with Crippen molar-refractivity contribution < 1.29 is 19.2 Å². The van der Waals surface area contributed by atoms with E-state index < -0.39 is 17.6 Å². The molecular weight excluding hydrogens is 216 g/mol. The maximum atomic E-state index is 11.2. The lowest BCUT2D eigenvalue weighted by Gasteiger charge is -2.03. The molecule has 0 fully saturated rings. The lowest BCUT2D eigenvalue weighted by molar-refractivity contribution is -0.113. The quantitative estimate of drug-likeness (QED) is 0.368. The van der Waals surface area contributed by atoms with Crippen LogP contribution in [0.25, 0.3) is 0 Å². The van der Waals surface area contributed by atoms with Gasteiger partial charge in [0.15, 0.2) is 0 Å². The standard InChI is InChI=1S/C8H12N4O4/c1-3-16-12-6(4-9)7(13)11-8(14)10-5-15-2/h3,5H2,1-2H3,(H2,10,11,13,14). The summed E-state index contributed by atoms with van der Waals surface area (Å²) in [4.78, 5) is 26.7. The number of nitrogens with one attached hydrogen (secondary N) is 2.